The third-order valence-corrected chi connectivity index (χ3v) is 6.34. The van der Waals surface area contributed by atoms with E-state index < -0.39 is 6.16 Å². The van der Waals surface area contributed by atoms with Crippen LogP contribution in [0.2, 0.25) is 5.15 Å². The number of H-pyrrole nitrogens is 1. The van der Waals surface area contributed by atoms with Gasteiger partial charge in [0.15, 0.2) is 0 Å². The molecular weight excluding hydrogens is 464 g/mol. The van der Waals surface area contributed by atoms with Gasteiger partial charge in [0.25, 0.3) is 0 Å². The number of aromatic nitrogens is 2. The van der Waals surface area contributed by atoms with Gasteiger partial charge >= 0.3 is 6.16 Å². The standard InChI is InChI=1S/C28H23ClN2O4/c1-17-14-15-30-26(29)24(17)22-11-5-10-20-21(27(31-25(20)22)35-28(32)33)12-6-16-34-23-13-4-8-18-7-2-3-9-19(18)23/h2-5,7-11,13-15,31H,6,12,16H2,1H3,(H,32,33). The van der Waals surface area contributed by atoms with Gasteiger partial charge in [-0.15, -0.1) is 0 Å². The topological polar surface area (TPSA) is 84.4 Å². The number of halogens is 1. The Balaban J connectivity index is 1.44. The molecule has 0 saturated carbocycles. The van der Waals surface area contributed by atoms with Crippen LogP contribution in [0.4, 0.5) is 4.79 Å². The maximum absolute atomic E-state index is 11.4. The summed E-state index contributed by atoms with van der Waals surface area (Å²) in [5, 5.41) is 12.8. The first kappa shape index (κ1) is 22.7. The van der Waals surface area contributed by atoms with E-state index in [-0.39, 0.29) is 5.88 Å². The molecule has 0 saturated heterocycles. The first-order valence-electron chi connectivity index (χ1n) is 11.3. The van der Waals surface area contributed by atoms with Crippen LogP contribution in [0.25, 0.3) is 32.8 Å². The number of nitrogens with zero attached hydrogens (tertiary/aromatic N) is 1. The van der Waals surface area contributed by atoms with E-state index >= 15 is 0 Å². The molecule has 0 spiro atoms. The van der Waals surface area contributed by atoms with Gasteiger partial charge in [0, 0.05) is 33.7 Å². The van der Waals surface area contributed by atoms with Crippen LogP contribution in [-0.4, -0.2) is 27.8 Å². The highest BCUT2D eigenvalue weighted by Crippen LogP contribution is 2.39. The van der Waals surface area contributed by atoms with Crippen molar-refractivity contribution in [1.82, 2.24) is 9.97 Å². The van der Waals surface area contributed by atoms with Gasteiger partial charge in [-0.05, 0) is 42.8 Å². The minimum Gasteiger partial charge on any atom is -0.493 e. The molecule has 0 aliphatic carbocycles. The summed E-state index contributed by atoms with van der Waals surface area (Å²) in [4.78, 5) is 18.8. The number of fused-ring (bicyclic) bond motifs is 2. The Morgan fingerprint density at radius 1 is 1.03 bits per heavy atom. The van der Waals surface area contributed by atoms with Gasteiger partial charge in [-0.1, -0.05) is 66.2 Å². The molecule has 3 aromatic carbocycles. The molecule has 0 bridgehead atoms. The Kier molecular flexibility index (Phi) is 6.29. The van der Waals surface area contributed by atoms with E-state index in [9.17, 15) is 9.90 Å². The smallest absolute Gasteiger partial charge is 0.493 e. The number of ether oxygens (including phenoxy) is 2. The summed E-state index contributed by atoms with van der Waals surface area (Å²) in [5.74, 6) is 1.04. The highest BCUT2D eigenvalue weighted by Gasteiger charge is 2.20. The second-order valence-corrected chi connectivity index (χ2v) is 8.61. The summed E-state index contributed by atoms with van der Waals surface area (Å²) in [6, 6.07) is 21.8. The van der Waals surface area contributed by atoms with Crippen LogP contribution in [0.5, 0.6) is 11.6 Å². The molecule has 35 heavy (non-hydrogen) atoms. The first-order valence-corrected chi connectivity index (χ1v) is 11.7. The maximum atomic E-state index is 11.4. The summed E-state index contributed by atoms with van der Waals surface area (Å²) in [7, 11) is 0. The van der Waals surface area contributed by atoms with Gasteiger partial charge < -0.3 is 19.6 Å². The maximum Gasteiger partial charge on any atom is 0.512 e. The fourth-order valence-electron chi connectivity index (χ4n) is 4.48. The summed E-state index contributed by atoms with van der Waals surface area (Å²) in [5.41, 5.74) is 4.15. The molecule has 2 aromatic heterocycles. The minimum absolute atomic E-state index is 0.211. The highest BCUT2D eigenvalue weighted by atomic mass is 35.5. The molecule has 0 unspecified atom stereocenters. The van der Waals surface area contributed by atoms with Crippen molar-refractivity contribution in [2.75, 3.05) is 6.61 Å². The van der Waals surface area contributed by atoms with Crippen LogP contribution < -0.4 is 9.47 Å². The number of rotatable bonds is 7. The van der Waals surface area contributed by atoms with Crippen molar-refractivity contribution in [2.24, 2.45) is 0 Å². The van der Waals surface area contributed by atoms with Crippen LogP contribution in [-0.2, 0) is 6.42 Å². The zero-order valence-electron chi connectivity index (χ0n) is 19.0. The Hall–Kier alpha value is -4.03. The number of hydrogen-bond acceptors (Lipinski definition) is 4. The highest BCUT2D eigenvalue weighted by molar-refractivity contribution is 6.32. The molecule has 0 fully saturated rings. The van der Waals surface area contributed by atoms with Gasteiger partial charge in [0.1, 0.15) is 10.9 Å². The van der Waals surface area contributed by atoms with Crippen LogP contribution in [0.3, 0.4) is 0 Å². The van der Waals surface area contributed by atoms with Crippen molar-refractivity contribution < 1.29 is 19.4 Å². The summed E-state index contributed by atoms with van der Waals surface area (Å²) in [6.45, 7) is 2.44. The number of hydrogen-bond donors (Lipinski definition) is 2. The van der Waals surface area contributed by atoms with Gasteiger partial charge in [0.05, 0.1) is 12.1 Å². The molecule has 0 amide bonds. The minimum atomic E-state index is -1.37. The Morgan fingerprint density at radius 3 is 2.63 bits per heavy atom. The lowest BCUT2D eigenvalue weighted by Crippen LogP contribution is -2.06. The number of para-hydroxylation sites is 1. The Morgan fingerprint density at radius 2 is 1.80 bits per heavy atom. The van der Waals surface area contributed by atoms with Crippen molar-refractivity contribution in [3.8, 4) is 22.8 Å². The van der Waals surface area contributed by atoms with E-state index in [1.807, 2.05) is 61.5 Å². The molecule has 2 heterocycles. The fourth-order valence-corrected chi connectivity index (χ4v) is 4.79. The number of nitrogens with one attached hydrogen (secondary N) is 1. The van der Waals surface area contributed by atoms with Crippen LogP contribution in [0, 0.1) is 6.92 Å². The van der Waals surface area contributed by atoms with E-state index in [1.54, 1.807) is 6.20 Å². The van der Waals surface area contributed by atoms with Crippen molar-refractivity contribution in [3.05, 3.63) is 89.2 Å². The molecule has 5 aromatic rings. The van der Waals surface area contributed by atoms with E-state index in [2.05, 4.69) is 22.1 Å². The van der Waals surface area contributed by atoms with E-state index in [4.69, 9.17) is 21.1 Å². The molecular formula is C28H23ClN2O4. The number of carbonyl (C=O) groups is 1. The Labute approximate surface area is 207 Å². The number of pyridine rings is 1. The normalized spacial score (nSPS) is 11.1. The monoisotopic (exact) mass is 486 g/mol. The third kappa shape index (κ3) is 4.53. The van der Waals surface area contributed by atoms with Crippen LogP contribution >= 0.6 is 11.6 Å². The molecule has 6 nitrogen and oxygen atoms in total. The van der Waals surface area contributed by atoms with E-state index in [0.29, 0.717) is 24.6 Å². The lowest BCUT2D eigenvalue weighted by molar-refractivity contribution is 0.142. The quantitative estimate of drug-likeness (QED) is 0.142. The molecule has 0 aliphatic rings. The summed E-state index contributed by atoms with van der Waals surface area (Å²) >= 11 is 6.43. The predicted octanol–water partition coefficient (Wildman–Crippen LogP) is 7.41. The number of aromatic amines is 1. The molecule has 2 N–H and O–H groups in total. The zero-order chi connectivity index (χ0) is 24.4. The van der Waals surface area contributed by atoms with Gasteiger partial charge in [0.2, 0.25) is 5.88 Å². The molecule has 176 valence electrons. The molecule has 7 heteroatoms. The van der Waals surface area contributed by atoms with Crippen LogP contribution in [0.15, 0.2) is 72.9 Å². The number of aryl methyl sites for hydroxylation is 2. The van der Waals surface area contributed by atoms with Gasteiger partial charge in [-0.2, -0.15) is 0 Å². The fraction of sp³-hybridized carbons (Fsp3) is 0.143. The van der Waals surface area contributed by atoms with Crippen molar-refractivity contribution in [2.45, 2.75) is 19.8 Å². The predicted molar refractivity (Wildman–Crippen MR) is 138 cm³/mol. The van der Waals surface area contributed by atoms with Gasteiger partial charge in [-0.25, -0.2) is 9.78 Å². The van der Waals surface area contributed by atoms with Crippen molar-refractivity contribution >= 4 is 39.4 Å². The van der Waals surface area contributed by atoms with Crippen molar-refractivity contribution in [1.29, 1.82) is 0 Å². The average Bonchev–Trinajstić information content (AvgIpc) is 3.19. The van der Waals surface area contributed by atoms with Crippen molar-refractivity contribution in [3.63, 3.8) is 0 Å². The second-order valence-electron chi connectivity index (χ2n) is 8.25. The zero-order valence-corrected chi connectivity index (χ0v) is 19.8. The third-order valence-electron chi connectivity index (χ3n) is 6.05. The van der Waals surface area contributed by atoms with E-state index in [0.717, 1.165) is 49.7 Å². The second kappa shape index (κ2) is 9.68. The lowest BCUT2D eigenvalue weighted by Gasteiger charge is -2.10. The Bertz CT molecular complexity index is 1520. The molecule has 0 aliphatic heterocycles. The molecule has 0 radical (unpaired) electrons. The van der Waals surface area contributed by atoms with Crippen LogP contribution in [0.1, 0.15) is 17.5 Å². The summed E-state index contributed by atoms with van der Waals surface area (Å²) in [6.07, 6.45) is 1.53. The first-order chi connectivity index (χ1) is 17.0. The number of benzene rings is 3. The average molecular weight is 487 g/mol. The largest absolute Gasteiger partial charge is 0.512 e. The summed E-state index contributed by atoms with van der Waals surface area (Å²) < 4.78 is 11.2. The van der Waals surface area contributed by atoms with Gasteiger partial charge in [-0.3, -0.25) is 0 Å². The SMILES string of the molecule is Cc1ccnc(Cl)c1-c1cccc2c(CCCOc3cccc4ccccc34)c(OC(=O)O)[nH]c12. The molecule has 0 atom stereocenters. The lowest BCUT2D eigenvalue weighted by atomic mass is 9.99. The molecule has 5 rings (SSSR count). The number of carboxylic acid groups (broad SMARTS) is 1. The van der Waals surface area contributed by atoms with E-state index in [1.165, 1.54) is 0 Å².